The molecule has 0 spiro atoms. The molecular weight excluding hydrogens is 236 g/mol. The fourth-order valence-corrected chi connectivity index (χ4v) is 2.89. The summed E-state index contributed by atoms with van der Waals surface area (Å²) < 4.78 is 0. The van der Waals surface area contributed by atoms with Gasteiger partial charge in [0.25, 0.3) is 0 Å². The molecule has 5 heteroatoms. The molecule has 1 aliphatic heterocycles. The Morgan fingerprint density at radius 1 is 1.47 bits per heavy atom. The third kappa shape index (κ3) is 2.76. The minimum absolute atomic E-state index is 0.0190. The van der Waals surface area contributed by atoms with Crippen molar-refractivity contribution in [2.75, 3.05) is 12.0 Å². The number of hydrogen-bond donors (Lipinski definition) is 1. The first-order valence-electron chi connectivity index (χ1n) is 5.98. The van der Waals surface area contributed by atoms with Crippen LogP contribution in [-0.2, 0) is 9.59 Å². The Balaban J connectivity index is 3.01. The highest BCUT2D eigenvalue weighted by Gasteiger charge is 2.45. The summed E-state index contributed by atoms with van der Waals surface area (Å²) in [5, 5.41) is 2.80. The van der Waals surface area contributed by atoms with Crippen molar-refractivity contribution in [1.29, 1.82) is 0 Å². The molecule has 17 heavy (non-hydrogen) atoms. The van der Waals surface area contributed by atoms with Gasteiger partial charge in [0, 0.05) is 11.8 Å². The number of hydrogen-bond acceptors (Lipinski definition) is 3. The highest BCUT2D eigenvalue weighted by Crippen LogP contribution is 2.23. The molecule has 1 rings (SSSR count). The van der Waals surface area contributed by atoms with Crippen LogP contribution in [-0.4, -0.2) is 46.3 Å². The Labute approximate surface area is 108 Å². The van der Waals surface area contributed by atoms with Gasteiger partial charge in [0.05, 0.1) is 0 Å². The summed E-state index contributed by atoms with van der Waals surface area (Å²) in [5.41, 5.74) is -0.782. The van der Waals surface area contributed by atoms with E-state index in [-0.39, 0.29) is 23.9 Å². The lowest BCUT2D eigenvalue weighted by atomic mass is 9.94. The van der Waals surface area contributed by atoms with Crippen molar-refractivity contribution in [2.24, 2.45) is 0 Å². The molecule has 1 saturated heterocycles. The molecule has 98 valence electrons. The first-order valence-corrected chi connectivity index (χ1v) is 7.38. The molecular formula is C12H22N2O2S. The van der Waals surface area contributed by atoms with Gasteiger partial charge in [0.2, 0.25) is 11.8 Å². The summed E-state index contributed by atoms with van der Waals surface area (Å²) in [7, 11) is 0. The lowest BCUT2D eigenvalue weighted by Crippen LogP contribution is -2.69. The average Bonchev–Trinajstić information content (AvgIpc) is 2.22. The predicted octanol–water partition coefficient (Wildman–Crippen LogP) is 1.25. The minimum atomic E-state index is -0.782. The van der Waals surface area contributed by atoms with E-state index in [0.29, 0.717) is 6.42 Å². The Hall–Kier alpha value is -0.710. The summed E-state index contributed by atoms with van der Waals surface area (Å²) in [6, 6.07) is -0.231. The number of amides is 2. The second-order valence-electron chi connectivity index (χ2n) is 5.06. The van der Waals surface area contributed by atoms with Crippen LogP contribution in [0.4, 0.5) is 0 Å². The normalized spacial score (nSPS) is 25.7. The van der Waals surface area contributed by atoms with Gasteiger partial charge in [-0.15, -0.1) is 0 Å². The smallest absolute Gasteiger partial charge is 0.248 e. The van der Waals surface area contributed by atoms with E-state index in [1.54, 1.807) is 30.5 Å². The molecule has 1 fully saturated rings. The van der Waals surface area contributed by atoms with E-state index >= 15 is 0 Å². The second kappa shape index (κ2) is 5.29. The molecule has 0 aliphatic carbocycles. The summed E-state index contributed by atoms with van der Waals surface area (Å²) >= 11 is 1.69. The third-order valence-electron chi connectivity index (χ3n) is 3.11. The molecule has 0 radical (unpaired) electrons. The van der Waals surface area contributed by atoms with Crippen molar-refractivity contribution in [1.82, 2.24) is 10.2 Å². The van der Waals surface area contributed by atoms with Gasteiger partial charge < -0.3 is 10.2 Å². The zero-order valence-electron chi connectivity index (χ0n) is 11.2. The van der Waals surface area contributed by atoms with Crippen molar-refractivity contribution < 1.29 is 9.59 Å². The number of carbonyl (C=O) groups is 2. The fourth-order valence-electron chi connectivity index (χ4n) is 2.25. The van der Waals surface area contributed by atoms with E-state index in [4.69, 9.17) is 0 Å². The van der Waals surface area contributed by atoms with Gasteiger partial charge in [-0.2, -0.15) is 11.8 Å². The maximum Gasteiger partial charge on any atom is 0.248 e. The summed E-state index contributed by atoms with van der Waals surface area (Å²) in [6.45, 7) is 7.47. The highest BCUT2D eigenvalue weighted by atomic mass is 32.2. The molecule has 2 atom stereocenters. The van der Waals surface area contributed by atoms with Crippen molar-refractivity contribution in [3.05, 3.63) is 0 Å². The first-order chi connectivity index (χ1) is 7.85. The number of nitrogens with zero attached hydrogens (tertiary/aromatic N) is 1. The van der Waals surface area contributed by atoms with Gasteiger partial charge in [-0.25, -0.2) is 0 Å². The monoisotopic (exact) mass is 258 g/mol. The van der Waals surface area contributed by atoms with Crippen molar-refractivity contribution in [3.63, 3.8) is 0 Å². The predicted molar refractivity (Wildman–Crippen MR) is 71.0 cm³/mol. The van der Waals surface area contributed by atoms with Crippen LogP contribution in [0, 0.1) is 0 Å². The van der Waals surface area contributed by atoms with Crippen molar-refractivity contribution >= 4 is 23.6 Å². The molecule has 4 nitrogen and oxygen atoms in total. The quantitative estimate of drug-likeness (QED) is 0.826. The minimum Gasteiger partial charge on any atom is -0.340 e. The molecule has 1 heterocycles. The molecule has 0 saturated carbocycles. The van der Waals surface area contributed by atoms with Crippen LogP contribution in [0.5, 0.6) is 0 Å². The van der Waals surface area contributed by atoms with E-state index in [0.717, 1.165) is 5.75 Å². The Morgan fingerprint density at radius 3 is 2.53 bits per heavy atom. The van der Waals surface area contributed by atoms with Crippen LogP contribution in [0.3, 0.4) is 0 Å². The standard InChI is InChI=1S/C12H22N2O2S/c1-6-9-10(15)13-12(3,4)11(16)14(9)8(2)7-17-5/h8-9H,6-7H2,1-5H3,(H,13,15). The van der Waals surface area contributed by atoms with E-state index in [1.165, 1.54) is 0 Å². The lowest BCUT2D eigenvalue weighted by molar-refractivity contribution is -0.155. The van der Waals surface area contributed by atoms with Crippen LogP contribution in [0.25, 0.3) is 0 Å². The van der Waals surface area contributed by atoms with Gasteiger partial charge in [0.1, 0.15) is 11.6 Å². The largest absolute Gasteiger partial charge is 0.340 e. The maximum absolute atomic E-state index is 12.4. The third-order valence-corrected chi connectivity index (χ3v) is 3.93. The summed E-state index contributed by atoms with van der Waals surface area (Å²) in [6.07, 6.45) is 2.67. The molecule has 1 aliphatic rings. The number of carbonyl (C=O) groups excluding carboxylic acids is 2. The van der Waals surface area contributed by atoms with Gasteiger partial charge in [-0.1, -0.05) is 6.92 Å². The fraction of sp³-hybridized carbons (Fsp3) is 0.833. The number of thioether (sulfide) groups is 1. The molecule has 1 N–H and O–H groups in total. The average molecular weight is 258 g/mol. The van der Waals surface area contributed by atoms with E-state index in [9.17, 15) is 9.59 Å². The van der Waals surface area contributed by atoms with Gasteiger partial charge >= 0.3 is 0 Å². The summed E-state index contributed by atoms with van der Waals surface area (Å²) in [5.74, 6) is 0.835. The van der Waals surface area contributed by atoms with Crippen molar-refractivity contribution in [2.45, 2.75) is 51.7 Å². The molecule has 0 aromatic rings. The molecule has 2 unspecified atom stereocenters. The van der Waals surface area contributed by atoms with E-state index in [1.807, 2.05) is 20.1 Å². The van der Waals surface area contributed by atoms with Crippen LogP contribution < -0.4 is 5.32 Å². The summed E-state index contributed by atoms with van der Waals surface area (Å²) in [4.78, 5) is 26.1. The maximum atomic E-state index is 12.4. The molecule has 2 amide bonds. The van der Waals surface area contributed by atoms with Crippen molar-refractivity contribution in [3.8, 4) is 0 Å². The van der Waals surface area contributed by atoms with Gasteiger partial charge in [-0.3, -0.25) is 9.59 Å². The van der Waals surface area contributed by atoms with E-state index in [2.05, 4.69) is 5.32 Å². The number of piperazine rings is 1. The first kappa shape index (κ1) is 14.4. The van der Waals surface area contributed by atoms with Crippen LogP contribution in [0.15, 0.2) is 0 Å². The molecule has 0 aromatic heterocycles. The Morgan fingerprint density at radius 2 is 2.06 bits per heavy atom. The second-order valence-corrected chi connectivity index (χ2v) is 5.97. The van der Waals surface area contributed by atoms with Crippen LogP contribution in [0.2, 0.25) is 0 Å². The molecule has 0 aromatic carbocycles. The molecule has 0 bridgehead atoms. The topological polar surface area (TPSA) is 49.4 Å². The van der Waals surface area contributed by atoms with Crippen LogP contribution >= 0.6 is 11.8 Å². The Kier molecular flexibility index (Phi) is 4.47. The van der Waals surface area contributed by atoms with Gasteiger partial charge in [0.15, 0.2) is 0 Å². The number of rotatable bonds is 4. The van der Waals surface area contributed by atoms with Crippen LogP contribution in [0.1, 0.15) is 34.1 Å². The van der Waals surface area contributed by atoms with E-state index < -0.39 is 5.54 Å². The zero-order chi connectivity index (χ0) is 13.2. The zero-order valence-corrected chi connectivity index (χ0v) is 12.1. The number of nitrogens with one attached hydrogen (secondary N) is 1. The Bertz CT molecular complexity index is 318. The van der Waals surface area contributed by atoms with Gasteiger partial charge in [-0.05, 0) is 33.4 Å². The SMILES string of the molecule is CCC1C(=O)NC(C)(C)C(=O)N1C(C)CSC. The lowest BCUT2D eigenvalue weighted by Gasteiger charge is -2.45. The highest BCUT2D eigenvalue weighted by molar-refractivity contribution is 7.98.